The Hall–Kier alpha value is -3.13. The van der Waals surface area contributed by atoms with Gasteiger partial charge in [-0.1, -0.05) is 47.7 Å². The maximum Gasteiger partial charge on any atom is 0.251 e. The van der Waals surface area contributed by atoms with Gasteiger partial charge >= 0.3 is 0 Å². The predicted molar refractivity (Wildman–Crippen MR) is 114 cm³/mol. The van der Waals surface area contributed by atoms with Crippen molar-refractivity contribution in [1.29, 1.82) is 0 Å². The molecular weight excluding hydrogens is 386 g/mol. The summed E-state index contributed by atoms with van der Waals surface area (Å²) in [6.07, 6.45) is 0. The Morgan fingerprint density at radius 1 is 1.07 bits per heavy atom. The lowest BCUT2D eigenvalue weighted by Gasteiger charge is -2.08. The van der Waals surface area contributed by atoms with Gasteiger partial charge in [-0.25, -0.2) is 0 Å². The van der Waals surface area contributed by atoms with Gasteiger partial charge in [-0.05, 0) is 37.6 Å². The lowest BCUT2D eigenvalue weighted by atomic mass is 10.1. The van der Waals surface area contributed by atoms with Crippen LogP contribution in [0.1, 0.15) is 27.3 Å². The molecule has 0 atom stereocenters. The Labute approximate surface area is 173 Å². The van der Waals surface area contributed by atoms with Gasteiger partial charge in [-0.3, -0.25) is 9.59 Å². The zero-order valence-electron chi connectivity index (χ0n) is 16.6. The molecule has 2 N–H and O–H groups in total. The van der Waals surface area contributed by atoms with Crippen LogP contribution in [0.2, 0.25) is 0 Å². The third kappa shape index (κ3) is 5.45. The number of aromatic nitrogens is 3. The van der Waals surface area contributed by atoms with Gasteiger partial charge in [0.05, 0.1) is 12.3 Å². The molecule has 2 amide bonds. The molecule has 3 rings (SSSR count). The average Bonchev–Trinajstić information content (AvgIpc) is 3.06. The van der Waals surface area contributed by atoms with Crippen molar-refractivity contribution in [1.82, 2.24) is 20.1 Å². The van der Waals surface area contributed by atoms with Crippen molar-refractivity contribution < 1.29 is 9.59 Å². The summed E-state index contributed by atoms with van der Waals surface area (Å²) < 4.78 is 1.78. The third-order valence-corrected chi connectivity index (χ3v) is 5.38. The standard InChI is InChI=1S/C21H23N5O2S/c1-14-7-6-9-16(11-14)20(28)22-12-18-24-25-21(26(18)3)29-13-19(27)23-17-10-5-4-8-15(17)2/h4-11H,12-13H2,1-3H3,(H,22,28)(H,23,27). The first-order chi connectivity index (χ1) is 13.9. The summed E-state index contributed by atoms with van der Waals surface area (Å²) in [6, 6.07) is 15.0. The highest BCUT2D eigenvalue weighted by Crippen LogP contribution is 2.18. The number of hydrogen-bond donors (Lipinski definition) is 2. The van der Waals surface area contributed by atoms with Crippen molar-refractivity contribution in [3.63, 3.8) is 0 Å². The number of nitrogens with one attached hydrogen (secondary N) is 2. The van der Waals surface area contributed by atoms with Gasteiger partial charge in [0.25, 0.3) is 5.91 Å². The van der Waals surface area contributed by atoms with E-state index in [1.165, 1.54) is 11.8 Å². The minimum Gasteiger partial charge on any atom is -0.345 e. The Kier molecular flexibility index (Phi) is 6.66. The van der Waals surface area contributed by atoms with Crippen LogP contribution < -0.4 is 10.6 Å². The summed E-state index contributed by atoms with van der Waals surface area (Å²) in [5.74, 6) is 0.564. The third-order valence-electron chi connectivity index (χ3n) is 4.36. The molecule has 1 heterocycles. The number of aryl methyl sites for hydroxylation is 2. The van der Waals surface area contributed by atoms with Crippen molar-refractivity contribution in [3.05, 3.63) is 71.0 Å². The van der Waals surface area contributed by atoms with Crippen LogP contribution in [0.4, 0.5) is 5.69 Å². The minimum absolute atomic E-state index is 0.110. The van der Waals surface area contributed by atoms with Gasteiger partial charge in [0.15, 0.2) is 11.0 Å². The van der Waals surface area contributed by atoms with E-state index in [-0.39, 0.29) is 24.1 Å². The van der Waals surface area contributed by atoms with E-state index in [0.717, 1.165) is 16.8 Å². The van der Waals surface area contributed by atoms with E-state index in [0.29, 0.717) is 16.5 Å². The van der Waals surface area contributed by atoms with Gasteiger partial charge in [0.2, 0.25) is 5.91 Å². The fourth-order valence-corrected chi connectivity index (χ4v) is 3.43. The van der Waals surface area contributed by atoms with Gasteiger partial charge in [0, 0.05) is 18.3 Å². The van der Waals surface area contributed by atoms with E-state index in [4.69, 9.17) is 0 Å². The molecule has 29 heavy (non-hydrogen) atoms. The minimum atomic E-state index is -0.163. The number of nitrogens with zero attached hydrogens (tertiary/aromatic N) is 3. The van der Waals surface area contributed by atoms with Crippen molar-refractivity contribution >= 4 is 29.3 Å². The van der Waals surface area contributed by atoms with Crippen LogP contribution in [0.5, 0.6) is 0 Å². The smallest absolute Gasteiger partial charge is 0.251 e. The van der Waals surface area contributed by atoms with Crippen molar-refractivity contribution in [2.75, 3.05) is 11.1 Å². The molecule has 0 saturated heterocycles. The molecule has 0 bridgehead atoms. The average molecular weight is 410 g/mol. The first-order valence-corrected chi connectivity index (χ1v) is 10.1. The number of anilines is 1. The molecule has 1 aromatic heterocycles. The highest BCUT2D eigenvalue weighted by atomic mass is 32.2. The molecule has 0 aliphatic carbocycles. The topological polar surface area (TPSA) is 88.9 Å². The fraction of sp³-hybridized carbons (Fsp3) is 0.238. The summed E-state index contributed by atoms with van der Waals surface area (Å²) in [5, 5.41) is 14.6. The lowest BCUT2D eigenvalue weighted by molar-refractivity contribution is -0.113. The van der Waals surface area contributed by atoms with E-state index < -0.39 is 0 Å². The largest absolute Gasteiger partial charge is 0.345 e. The quantitative estimate of drug-likeness (QED) is 0.586. The number of amides is 2. The molecule has 150 valence electrons. The molecule has 7 nitrogen and oxygen atoms in total. The molecule has 0 saturated carbocycles. The zero-order valence-corrected chi connectivity index (χ0v) is 17.4. The molecule has 0 unspecified atom stereocenters. The Bertz CT molecular complexity index is 1030. The van der Waals surface area contributed by atoms with Gasteiger partial charge < -0.3 is 15.2 Å². The number of hydrogen-bond acceptors (Lipinski definition) is 5. The molecule has 0 spiro atoms. The zero-order chi connectivity index (χ0) is 20.8. The number of benzene rings is 2. The van der Waals surface area contributed by atoms with Crippen LogP contribution in [0, 0.1) is 13.8 Å². The second-order valence-electron chi connectivity index (χ2n) is 6.66. The number of carbonyl (C=O) groups is 2. The first kappa shape index (κ1) is 20.6. The van der Waals surface area contributed by atoms with Crippen LogP contribution in [0.15, 0.2) is 53.7 Å². The Balaban J connectivity index is 1.53. The van der Waals surface area contributed by atoms with Crippen LogP contribution >= 0.6 is 11.8 Å². The van der Waals surface area contributed by atoms with Gasteiger partial charge in [0.1, 0.15) is 0 Å². The lowest BCUT2D eigenvalue weighted by Crippen LogP contribution is -2.24. The van der Waals surface area contributed by atoms with Crippen LogP contribution in [0.3, 0.4) is 0 Å². The predicted octanol–water partition coefficient (Wildman–Crippen LogP) is 3.09. The fourth-order valence-electron chi connectivity index (χ4n) is 2.70. The second kappa shape index (κ2) is 9.38. The summed E-state index contributed by atoms with van der Waals surface area (Å²) in [4.78, 5) is 24.5. The van der Waals surface area contributed by atoms with Gasteiger partial charge in [-0.15, -0.1) is 10.2 Å². The van der Waals surface area contributed by atoms with E-state index in [1.807, 2.05) is 63.4 Å². The van der Waals surface area contributed by atoms with Crippen molar-refractivity contribution in [3.8, 4) is 0 Å². The number of rotatable bonds is 7. The Morgan fingerprint density at radius 3 is 2.62 bits per heavy atom. The summed E-state index contributed by atoms with van der Waals surface area (Å²) in [6.45, 7) is 4.15. The number of carbonyl (C=O) groups excluding carboxylic acids is 2. The summed E-state index contributed by atoms with van der Waals surface area (Å²) in [7, 11) is 1.82. The molecule has 0 aliphatic heterocycles. The van der Waals surface area contributed by atoms with Crippen LogP contribution in [0.25, 0.3) is 0 Å². The molecule has 2 aromatic carbocycles. The van der Waals surface area contributed by atoms with E-state index >= 15 is 0 Å². The first-order valence-electron chi connectivity index (χ1n) is 9.15. The maximum atomic E-state index is 12.3. The normalized spacial score (nSPS) is 10.6. The molecule has 0 aliphatic rings. The second-order valence-corrected chi connectivity index (χ2v) is 7.60. The monoisotopic (exact) mass is 409 g/mol. The maximum absolute atomic E-state index is 12.3. The molecule has 3 aromatic rings. The number of para-hydroxylation sites is 1. The van der Waals surface area contributed by atoms with E-state index in [9.17, 15) is 9.59 Å². The molecule has 0 fully saturated rings. The molecule has 8 heteroatoms. The highest BCUT2D eigenvalue weighted by molar-refractivity contribution is 7.99. The molecule has 0 radical (unpaired) electrons. The van der Waals surface area contributed by atoms with Crippen molar-refractivity contribution in [2.24, 2.45) is 7.05 Å². The summed E-state index contributed by atoms with van der Waals surface area (Å²) >= 11 is 1.30. The van der Waals surface area contributed by atoms with Gasteiger partial charge in [-0.2, -0.15) is 0 Å². The SMILES string of the molecule is Cc1cccc(C(=O)NCc2nnc(SCC(=O)Nc3ccccc3C)n2C)c1. The summed E-state index contributed by atoms with van der Waals surface area (Å²) in [5.41, 5.74) is 3.44. The Morgan fingerprint density at radius 2 is 1.86 bits per heavy atom. The highest BCUT2D eigenvalue weighted by Gasteiger charge is 2.13. The van der Waals surface area contributed by atoms with E-state index in [2.05, 4.69) is 20.8 Å². The van der Waals surface area contributed by atoms with Crippen LogP contribution in [-0.2, 0) is 18.4 Å². The molecular formula is C21H23N5O2S. The number of thioether (sulfide) groups is 1. The van der Waals surface area contributed by atoms with Crippen LogP contribution in [-0.4, -0.2) is 32.3 Å². The van der Waals surface area contributed by atoms with Crippen molar-refractivity contribution in [2.45, 2.75) is 25.5 Å². The van der Waals surface area contributed by atoms with E-state index in [1.54, 1.807) is 10.6 Å².